The maximum absolute atomic E-state index is 6.07. The number of hydrogen-bond donors (Lipinski definition) is 0. The normalized spacial score (nSPS) is 22.9. The van der Waals surface area contributed by atoms with E-state index in [0.29, 0.717) is 0 Å². The predicted octanol–water partition coefficient (Wildman–Crippen LogP) is 4.52. The van der Waals surface area contributed by atoms with Crippen molar-refractivity contribution >= 4 is 11.8 Å². The Balaban J connectivity index is 2.28. The number of benzene rings is 2. The Morgan fingerprint density at radius 3 is 2.00 bits per heavy atom. The van der Waals surface area contributed by atoms with Crippen LogP contribution in [0.5, 0.6) is 5.75 Å². The van der Waals surface area contributed by atoms with E-state index in [9.17, 15) is 0 Å². The molecule has 2 aromatic rings. The molecule has 1 aliphatic rings. The van der Waals surface area contributed by atoms with Gasteiger partial charge in [-0.05, 0) is 25.5 Å². The lowest BCUT2D eigenvalue weighted by molar-refractivity contribution is 0.103. The van der Waals surface area contributed by atoms with Gasteiger partial charge in [-0.15, -0.1) is 11.8 Å². The molecule has 3 heteroatoms. The Morgan fingerprint density at radius 2 is 1.38 bits per heavy atom. The van der Waals surface area contributed by atoms with Crippen molar-refractivity contribution in [2.75, 3.05) is 14.2 Å². The third kappa shape index (κ3) is 2.07. The monoisotopic (exact) mass is 300 g/mol. The molecule has 0 spiro atoms. The van der Waals surface area contributed by atoms with Gasteiger partial charge in [0.15, 0.2) is 4.93 Å². The SMILES string of the molecule is COc1ccccc1C1(OC)SC(C)(C)c2ccccc21. The van der Waals surface area contributed by atoms with E-state index in [4.69, 9.17) is 9.47 Å². The molecule has 1 heterocycles. The molecule has 0 aromatic heterocycles. The lowest BCUT2D eigenvalue weighted by Gasteiger charge is -2.31. The summed E-state index contributed by atoms with van der Waals surface area (Å²) in [6.45, 7) is 4.49. The molecule has 3 rings (SSSR count). The van der Waals surface area contributed by atoms with Crippen molar-refractivity contribution in [3.63, 3.8) is 0 Å². The minimum Gasteiger partial charge on any atom is -0.496 e. The first-order valence-electron chi connectivity index (χ1n) is 7.04. The van der Waals surface area contributed by atoms with Crippen LogP contribution in [0.1, 0.15) is 30.5 Å². The smallest absolute Gasteiger partial charge is 0.169 e. The van der Waals surface area contributed by atoms with E-state index in [2.05, 4.69) is 44.2 Å². The molecule has 2 nitrogen and oxygen atoms in total. The molecule has 0 aliphatic carbocycles. The minimum absolute atomic E-state index is 0.00649. The molecular weight excluding hydrogens is 280 g/mol. The zero-order valence-corrected chi connectivity index (χ0v) is 13.7. The topological polar surface area (TPSA) is 18.5 Å². The van der Waals surface area contributed by atoms with Gasteiger partial charge in [-0.25, -0.2) is 0 Å². The second-order valence-electron chi connectivity index (χ2n) is 5.68. The summed E-state index contributed by atoms with van der Waals surface area (Å²) in [5.41, 5.74) is 3.60. The van der Waals surface area contributed by atoms with Gasteiger partial charge in [-0.1, -0.05) is 42.5 Å². The van der Waals surface area contributed by atoms with Crippen LogP contribution < -0.4 is 4.74 Å². The van der Waals surface area contributed by atoms with E-state index in [1.807, 2.05) is 30.0 Å². The number of thioether (sulfide) groups is 1. The van der Waals surface area contributed by atoms with Gasteiger partial charge in [-0.3, -0.25) is 0 Å². The van der Waals surface area contributed by atoms with Crippen molar-refractivity contribution in [2.45, 2.75) is 23.5 Å². The van der Waals surface area contributed by atoms with E-state index < -0.39 is 4.93 Å². The van der Waals surface area contributed by atoms with Gasteiger partial charge < -0.3 is 9.47 Å². The summed E-state index contributed by atoms with van der Waals surface area (Å²) in [6.07, 6.45) is 0. The first-order valence-corrected chi connectivity index (χ1v) is 7.85. The lowest BCUT2D eigenvalue weighted by Crippen LogP contribution is -2.25. The van der Waals surface area contributed by atoms with Crippen LogP contribution >= 0.6 is 11.8 Å². The highest BCUT2D eigenvalue weighted by Crippen LogP contribution is 2.62. The van der Waals surface area contributed by atoms with Crippen LogP contribution in [0.15, 0.2) is 48.5 Å². The summed E-state index contributed by atoms with van der Waals surface area (Å²) in [5.74, 6) is 0.861. The van der Waals surface area contributed by atoms with E-state index >= 15 is 0 Å². The van der Waals surface area contributed by atoms with Crippen LogP contribution in [0.4, 0.5) is 0 Å². The van der Waals surface area contributed by atoms with Crippen LogP contribution in [0.3, 0.4) is 0 Å². The van der Waals surface area contributed by atoms with Gasteiger partial charge in [0.1, 0.15) is 5.75 Å². The number of fused-ring (bicyclic) bond motifs is 1. The molecule has 1 unspecified atom stereocenters. The molecular formula is C18H20O2S. The Bertz CT molecular complexity index is 666. The summed E-state index contributed by atoms with van der Waals surface area (Å²) >= 11 is 1.82. The summed E-state index contributed by atoms with van der Waals surface area (Å²) in [4.78, 5) is -0.521. The summed E-state index contributed by atoms with van der Waals surface area (Å²) in [7, 11) is 3.48. The van der Waals surface area contributed by atoms with Crippen molar-refractivity contribution in [1.29, 1.82) is 0 Å². The highest BCUT2D eigenvalue weighted by atomic mass is 32.2. The Kier molecular flexibility index (Phi) is 3.50. The fourth-order valence-corrected chi connectivity index (χ4v) is 4.80. The zero-order chi connectivity index (χ0) is 15.1. The van der Waals surface area contributed by atoms with Crippen LogP contribution in [0.25, 0.3) is 0 Å². The van der Waals surface area contributed by atoms with Gasteiger partial charge >= 0.3 is 0 Å². The standard InChI is InChI=1S/C18H20O2S/c1-17(2)13-9-5-6-10-14(13)18(20-4,21-17)15-11-7-8-12-16(15)19-3/h5-12H,1-4H3. The molecule has 0 saturated heterocycles. The Hall–Kier alpha value is -1.45. The summed E-state index contributed by atoms with van der Waals surface area (Å²) in [6, 6.07) is 16.6. The lowest BCUT2D eigenvalue weighted by atomic mass is 9.90. The molecule has 110 valence electrons. The fraction of sp³-hybridized carbons (Fsp3) is 0.333. The van der Waals surface area contributed by atoms with Crippen LogP contribution in [0.2, 0.25) is 0 Å². The highest BCUT2D eigenvalue weighted by Gasteiger charge is 2.51. The van der Waals surface area contributed by atoms with Gasteiger partial charge in [0.2, 0.25) is 0 Å². The fourth-order valence-electron chi connectivity index (χ4n) is 3.14. The first kappa shape index (κ1) is 14.5. The number of methoxy groups -OCH3 is 2. The van der Waals surface area contributed by atoms with Crippen LogP contribution in [-0.2, 0) is 14.4 Å². The van der Waals surface area contributed by atoms with Crippen LogP contribution in [0, 0.1) is 0 Å². The number of ether oxygens (including phenoxy) is 2. The Labute approximate surface area is 130 Å². The number of rotatable bonds is 3. The van der Waals surface area contributed by atoms with E-state index in [1.54, 1.807) is 14.2 Å². The number of para-hydroxylation sites is 1. The van der Waals surface area contributed by atoms with Crippen molar-refractivity contribution in [3.05, 3.63) is 65.2 Å². The molecule has 0 saturated carbocycles. The third-order valence-electron chi connectivity index (χ3n) is 4.08. The molecule has 2 aromatic carbocycles. The first-order chi connectivity index (χ1) is 10.0. The van der Waals surface area contributed by atoms with E-state index in [1.165, 1.54) is 11.1 Å². The van der Waals surface area contributed by atoms with Crippen molar-refractivity contribution in [3.8, 4) is 5.75 Å². The average Bonchev–Trinajstić information content (AvgIpc) is 2.76. The summed E-state index contributed by atoms with van der Waals surface area (Å²) < 4.78 is 11.6. The molecule has 21 heavy (non-hydrogen) atoms. The molecule has 0 radical (unpaired) electrons. The Morgan fingerprint density at radius 1 is 0.810 bits per heavy atom. The number of hydrogen-bond acceptors (Lipinski definition) is 3. The largest absolute Gasteiger partial charge is 0.496 e. The molecule has 1 atom stereocenters. The van der Waals surface area contributed by atoms with Gasteiger partial charge in [0.25, 0.3) is 0 Å². The second kappa shape index (κ2) is 5.08. The molecule has 0 amide bonds. The van der Waals surface area contributed by atoms with Gasteiger partial charge in [0, 0.05) is 23.0 Å². The van der Waals surface area contributed by atoms with E-state index in [-0.39, 0.29) is 4.75 Å². The molecule has 0 fully saturated rings. The van der Waals surface area contributed by atoms with E-state index in [0.717, 1.165) is 11.3 Å². The maximum Gasteiger partial charge on any atom is 0.169 e. The van der Waals surface area contributed by atoms with Crippen molar-refractivity contribution in [2.24, 2.45) is 0 Å². The highest BCUT2D eigenvalue weighted by molar-refractivity contribution is 8.01. The quantitative estimate of drug-likeness (QED) is 0.830. The van der Waals surface area contributed by atoms with Gasteiger partial charge in [0.05, 0.1) is 7.11 Å². The molecule has 0 bridgehead atoms. The average molecular weight is 300 g/mol. The molecule has 1 aliphatic heterocycles. The predicted molar refractivity (Wildman–Crippen MR) is 87.8 cm³/mol. The van der Waals surface area contributed by atoms with Crippen LogP contribution in [-0.4, -0.2) is 14.2 Å². The van der Waals surface area contributed by atoms with Gasteiger partial charge in [-0.2, -0.15) is 0 Å². The minimum atomic E-state index is -0.521. The van der Waals surface area contributed by atoms with Crippen molar-refractivity contribution < 1.29 is 9.47 Å². The zero-order valence-electron chi connectivity index (χ0n) is 12.8. The summed E-state index contributed by atoms with van der Waals surface area (Å²) in [5, 5.41) is 0. The maximum atomic E-state index is 6.07. The second-order valence-corrected chi connectivity index (χ2v) is 7.48. The van der Waals surface area contributed by atoms with Crippen molar-refractivity contribution in [1.82, 2.24) is 0 Å². The third-order valence-corrected chi connectivity index (χ3v) is 5.70. The molecule has 0 N–H and O–H groups in total.